The van der Waals surface area contributed by atoms with Crippen LogP contribution in [0.15, 0.2) is 21.8 Å². The van der Waals surface area contributed by atoms with Crippen molar-refractivity contribution >= 4 is 18.4 Å². The first kappa shape index (κ1) is 10.3. The monoisotopic (exact) mass is 273 g/mol. The molecule has 1 rings (SSSR count). The fraction of sp³-hybridized carbons (Fsp3) is 0.600. The second kappa shape index (κ2) is 3.54. The molecule has 0 aromatic heterocycles. The van der Waals surface area contributed by atoms with E-state index in [1.807, 2.05) is 0 Å². The first-order chi connectivity index (χ1) is 5.43. The van der Waals surface area contributed by atoms with Gasteiger partial charge < -0.3 is 0 Å². The summed E-state index contributed by atoms with van der Waals surface area (Å²) >= 11 is -1.80. The predicted molar refractivity (Wildman–Crippen MR) is 58.0 cm³/mol. The summed E-state index contributed by atoms with van der Waals surface area (Å²) in [5.41, 5.74) is 0. The summed E-state index contributed by atoms with van der Waals surface area (Å²) in [6.07, 6.45) is 6.85. The first-order valence-corrected chi connectivity index (χ1v) is 14.5. The second-order valence-corrected chi connectivity index (χ2v) is 19.2. The minimum atomic E-state index is -1.80. The Morgan fingerprint density at radius 1 is 1.25 bits per heavy atom. The fourth-order valence-electron chi connectivity index (χ4n) is 1.61. The van der Waals surface area contributed by atoms with Crippen LogP contribution in [0.1, 0.15) is 0 Å². The summed E-state index contributed by atoms with van der Waals surface area (Å²) in [4.78, 5) is 9.73. The van der Waals surface area contributed by atoms with E-state index in [4.69, 9.17) is 0 Å². The van der Waals surface area contributed by atoms with Crippen molar-refractivity contribution < 1.29 is 0 Å². The molecule has 0 aromatic rings. The molecule has 0 saturated carbocycles. The minimum absolute atomic E-state index is 0.598. The average Bonchev–Trinajstić information content (AvgIpc) is 2.30. The molecule has 0 radical (unpaired) electrons. The molecule has 1 atom stereocenters. The molecule has 12 heavy (non-hydrogen) atoms. The van der Waals surface area contributed by atoms with Crippen molar-refractivity contribution in [3.63, 3.8) is 0 Å². The number of allylic oxidation sites excluding steroid dienone is 2. The Hall–Kier alpha value is 0.239. The van der Waals surface area contributed by atoms with Gasteiger partial charge in [0.25, 0.3) is 0 Å². The first-order valence-electron chi connectivity index (χ1n) is 4.48. The Morgan fingerprint density at radius 2 is 1.83 bits per heavy atom. The van der Waals surface area contributed by atoms with E-state index in [-0.39, 0.29) is 0 Å². The van der Waals surface area contributed by atoms with Gasteiger partial charge in [-0.05, 0) is 0 Å². The van der Waals surface area contributed by atoms with Gasteiger partial charge in [0.15, 0.2) is 0 Å². The molecule has 1 nitrogen and oxygen atoms in total. The molecule has 1 aliphatic rings. The van der Waals surface area contributed by atoms with Crippen LogP contribution in [0.25, 0.3) is 0 Å². The van der Waals surface area contributed by atoms with Crippen LogP contribution < -0.4 is 0 Å². The summed E-state index contributed by atoms with van der Waals surface area (Å²) < 4.78 is 1.72. The van der Waals surface area contributed by atoms with Crippen molar-refractivity contribution in [3.8, 4) is 0 Å². The standard InChI is InChI=1S/C7H10N.3CH3.Sn/c1-8(2)7-5-3-4-6-7;;;;/h3-5,7H,1-2H3;3*1H3;. The summed E-state index contributed by atoms with van der Waals surface area (Å²) in [6.45, 7) is 0. The van der Waals surface area contributed by atoms with E-state index in [2.05, 4.69) is 52.0 Å². The summed E-state index contributed by atoms with van der Waals surface area (Å²) in [5, 5.41) is 0. The molecule has 1 aliphatic carbocycles. The number of hydrogen-bond acceptors (Lipinski definition) is 1. The van der Waals surface area contributed by atoms with Gasteiger partial charge in [0.2, 0.25) is 0 Å². The van der Waals surface area contributed by atoms with E-state index < -0.39 is 18.4 Å². The third-order valence-electron chi connectivity index (χ3n) is 2.31. The van der Waals surface area contributed by atoms with Gasteiger partial charge in [-0.1, -0.05) is 0 Å². The van der Waals surface area contributed by atoms with Gasteiger partial charge in [-0.2, -0.15) is 0 Å². The summed E-state index contributed by atoms with van der Waals surface area (Å²) in [6, 6.07) is 0.598. The van der Waals surface area contributed by atoms with Crippen molar-refractivity contribution in [2.24, 2.45) is 0 Å². The van der Waals surface area contributed by atoms with E-state index in [1.54, 1.807) is 3.59 Å². The van der Waals surface area contributed by atoms with E-state index in [0.717, 1.165) is 0 Å². The second-order valence-electron chi connectivity index (χ2n) is 4.67. The van der Waals surface area contributed by atoms with Gasteiger partial charge in [0, 0.05) is 0 Å². The molecular weight excluding hydrogens is 253 g/mol. The molecule has 0 aromatic carbocycles. The Kier molecular flexibility index (Phi) is 3.05. The van der Waals surface area contributed by atoms with Crippen molar-refractivity contribution in [2.75, 3.05) is 14.1 Å². The molecule has 0 heterocycles. The third kappa shape index (κ3) is 2.13. The molecule has 0 amide bonds. The van der Waals surface area contributed by atoms with Gasteiger partial charge in [0.05, 0.1) is 0 Å². The van der Waals surface area contributed by atoms with E-state index in [9.17, 15) is 0 Å². The normalized spacial score (nSPS) is 23.5. The molecule has 0 saturated heterocycles. The van der Waals surface area contributed by atoms with Gasteiger partial charge in [0.1, 0.15) is 0 Å². The van der Waals surface area contributed by atoms with Crippen LogP contribution in [0.5, 0.6) is 0 Å². The van der Waals surface area contributed by atoms with E-state index in [1.165, 1.54) is 0 Å². The van der Waals surface area contributed by atoms with Crippen LogP contribution in [0, 0.1) is 0 Å². The number of rotatable bonds is 2. The number of hydrogen-bond donors (Lipinski definition) is 0. The van der Waals surface area contributed by atoms with Gasteiger partial charge in [-0.3, -0.25) is 0 Å². The molecule has 0 fully saturated rings. The Labute approximate surface area is 80.0 Å². The Morgan fingerprint density at radius 3 is 2.17 bits per heavy atom. The predicted octanol–water partition coefficient (Wildman–Crippen LogP) is 2.29. The van der Waals surface area contributed by atoms with Crippen LogP contribution in [-0.2, 0) is 0 Å². The molecular formula is C10H19NSn. The van der Waals surface area contributed by atoms with Crippen LogP contribution in [0.2, 0.25) is 14.8 Å². The topological polar surface area (TPSA) is 3.24 Å². The zero-order valence-corrected chi connectivity index (χ0v) is 11.6. The quantitative estimate of drug-likeness (QED) is 0.697. The van der Waals surface area contributed by atoms with Crippen molar-refractivity contribution in [1.82, 2.24) is 4.90 Å². The molecule has 0 spiro atoms. The molecule has 0 N–H and O–H groups in total. The number of likely N-dealkylation sites (N-methyl/N-ethyl adjacent to an activating group) is 1. The zero-order valence-electron chi connectivity index (χ0n) is 8.76. The van der Waals surface area contributed by atoms with Crippen LogP contribution in [-0.4, -0.2) is 43.4 Å². The average molecular weight is 272 g/mol. The van der Waals surface area contributed by atoms with E-state index >= 15 is 0 Å². The molecule has 1 unspecified atom stereocenters. The molecule has 0 aliphatic heterocycles. The molecule has 2 heteroatoms. The van der Waals surface area contributed by atoms with Crippen LogP contribution in [0.3, 0.4) is 0 Å². The van der Waals surface area contributed by atoms with Crippen LogP contribution in [0.4, 0.5) is 0 Å². The number of nitrogens with zero attached hydrogens (tertiary/aromatic N) is 1. The zero-order chi connectivity index (χ0) is 9.35. The summed E-state index contributed by atoms with van der Waals surface area (Å²) in [5.74, 6) is 0. The van der Waals surface area contributed by atoms with Crippen molar-refractivity contribution in [1.29, 1.82) is 0 Å². The Balaban J connectivity index is 2.81. The van der Waals surface area contributed by atoms with Crippen LogP contribution >= 0.6 is 0 Å². The van der Waals surface area contributed by atoms with Crippen molar-refractivity contribution in [2.45, 2.75) is 20.9 Å². The Bertz CT molecular complexity index is 220. The maximum atomic E-state index is 2.48. The molecule has 68 valence electrons. The fourth-order valence-corrected chi connectivity index (χ4v) is 6.86. The van der Waals surface area contributed by atoms with E-state index in [0.29, 0.717) is 6.04 Å². The van der Waals surface area contributed by atoms with Crippen molar-refractivity contribution in [3.05, 3.63) is 21.8 Å². The van der Waals surface area contributed by atoms with Gasteiger partial charge in [-0.25, -0.2) is 0 Å². The SMILES string of the molecule is CN(C)C1C=CC=[C]1[Sn]([CH3])([CH3])[CH3]. The summed E-state index contributed by atoms with van der Waals surface area (Å²) in [7, 11) is 4.32. The van der Waals surface area contributed by atoms with Gasteiger partial charge >= 0.3 is 80.1 Å². The third-order valence-corrected chi connectivity index (χ3v) is 8.57. The molecule has 0 bridgehead atoms. The maximum absolute atomic E-state index is 2.48. The van der Waals surface area contributed by atoms with Gasteiger partial charge in [-0.15, -0.1) is 0 Å².